The first-order valence-electron chi connectivity index (χ1n) is 14.3. The molecule has 5 aromatic rings. The van der Waals surface area contributed by atoms with Crippen LogP contribution in [-0.2, 0) is 0 Å². The molecule has 0 fully saturated rings. The van der Waals surface area contributed by atoms with Gasteiger partial charge in [0.25, 0.3) is 0 Å². The van der Waals surface area contributed by atoms with Gasteiger partial charge >= 0.3 is 0 Å². The highest BCUT2D eigenvalue weighted by molar-refractivity contribution is 6.76. The van der Waals surface area contributed by atoms with Crippen molar-refractivity contribution in [1.29, 1.82) is 5.26 Å². The molecule has 0 amide bonds. The zero-order valence-corrected chi connectivity index (χ0v) is 20.3. The Bertz CT molecular complexity index is 1790. The number of aryl methyl sites for hydroxylation is 2. The first-order valence-corrected chi connectivity index (χ1v) is 14.1. The predicted octanol–water partition coefficient (Wildman–Crippen LogP) is 7.46. The molecule has 5 rings (SSSR count). The van der Waals surface area contributed by atoms with Crippen LogP contribution in [-0.4, -0.2) is 22.4 Å². The molecule has 170 valence electrons. The number of nitrogens with zero attached hydrogens (tertiary/aromatic N) is 4. The monoisotopic (exact) mass is 470 g/mol. The highest BCUT2D eigenvalue weighted by Crippen LogP contribution is 2.40. The van der Waals surface area contributed by atoms with Crippen molar-refractivity contribution in [2.45, 2.75) is 46.2 Å². The summed E-state index contributed by atoms with van der Waals surface area (Å²) in [6, 6.07) is 14.7. The Balaban J connectivity index is 1.76. The van der Waals surface area contributed by atoms with Gasteiger partial charge in [-0.3, -0.25) is 4.98 Å². The van der Waals surface area contributed by atoms with Crippen molar-refractivity contribution in [3.63, 3.8) is 0 Å². The molecule has 0 bridgehead atoms. The lowest BCUT2D eigenvalue weighted by atomic mass is 10.0. The minimum Gasteiger partial charge on any atom is -0.455 e. The summed E-state index contributed by atoms with van der Waals surface area (Å²) in [5, 5.41) is 11.5. The van der Waals surface area contributed by atoms with Gasteiger partial charge in [0.2, 0.25) is 0 Å². The fourth-order valence-corrected chi connectivity index (χ4v) is 6.38. The summed E-state index contributed by atoms with van der Waals surface area (Å²) in [5.41, 5.74) is 2.84. The van der Waals surface area contributed by atoms with Gasteiger partial charge in [-0.05, 0) is 61.2 Å². The number of nitriles is 1. The molecule has 6 heteroatoms. The Kier molecular flexibility index (Phi) is 3.89. The van der Waals surface area contributed by atoms with Crippen molar-refractivity contribution in [2.75, 3.05) is 0 Å². The number of para-hydroxylation sites is 1. The van der Waals surface area contributed by atoms with Crippen LogP contribution in [0.1, 0.15) is 38.8 Å². The van der Waals surface area contributed by atoms with Gasteiger partial charge in [0.05, 0.1) is 34.9 Å². The molecule has 0 radical (unpaired) electrons. The van der Waals surface area contributed by atoms with Crippen LogP contribution >= 0.6 is 0 Å². The maximum Gasteiger partial charge on any atom is 0.159 e. The molecule has 0 atom stereocenters. The number of rotatable bonds is 5. The summed E-state index contributed by atoms with van der Waals surface area (Å²) in [6.07, 6.45) is 4.95. The highest BCUT2D eigenvalue weighted by atomic mass is 28.3. The lowest BCUT2D eigenvalue weighted by Gasteiger charge is -2.25. The Morgan fingerprint density at radius 2 is 1.82 bits per heavy atom. The first-order chi connectivity index (χ1) is 18.8. The molecule has 0 aliphatic carbocycles. The Hall–Kier alpha value is -3.69. The fourth-order valence-electron chi connectivity index (χ4n) is 4.38. The van der Waals surface area contributed by atoms with Crippen LogP contribution < -0.4 is 0 Å². The Morgan fingerprint density at radius 1 is 1.03 bits per heavy atom. The number of hydrogen-bond acceptors (Lipinski definition) is 4. The lowest BCUT2D eigenvalue weighted by molar-refractivity contribution is 0.670. The third-order valence-electron chi connectivity index (χ3n) is 6.95. The van der Waals surface area contributed by atoms with Gasteiger partial charge in [0, 0.05) is 37.0 Å². The van der Waals surface area contributed by atoms with Crippen LogP contribution in [0.15, 0.2) is 59.5 Å². The summed E-state index contributed by atoms with van der Waals surface area (Å²) in [4.78, 5) is 9.03. The van der Waals surface area contributed by atoms with E-state index >= 15 is 0 Å². The van der Waals surface area contributed by atoms with Gasteiger partial charge in [-0.15, -0.1) is 0 Å². The molecule has 0 unspecified atom stereocenters. The number of fused-ring (bicyclic) bond motifs is 3. The molecule has 5 nitrogen and oxygen atoms in total. The van der Waals surface area contributed by atoms with Crippen molar-refractivity contribution in [1.82, 2.24) is 14.2 Å². The zero-order valence-electron chi connectivity index (χ0n) is 25.3. The summed E-state index contributed by atoms with van der Waals surface area (Å²) < 4.78 is 55.8. The molecule has 0 saturated carbocycles. The van der Waals surface area contributed by atoms with Crippen LogP contribution in [0.4, 0.5) is 0 Å². The number of pyridine rings is 1. The quantitative estimate of drug-likeness (QED) is 0.250. The average Bonchev–Trinajstić information content (AvgIpc) is 3.56. The standard InChI is InChI=1S/C28H28N4OSi/c1-6-34(5,7-2)32-16-25(31-17-32)26-20(14-29)11-12-22-21-9-8-10-23(27(21)33-28(22)26)24-13-18(3)19(4)15-30-24/h8-13,15-17H,6-7H2,1-5H3/i3D3,4D3. The van der Waals surface area contributed by atoms with Crippen molar-refractivity contribution in [2.24, 2.45) is 0 Å². The normalized spacial score (nSPS) is 15.2. The second-order valence-electron chi connectivity index (χ2n) is 8.75. The topological polar surface area (TPSA) is 67.6 Å². The van der Waals surface area contributed by atoms with Gasteiger partial charge in [0.1, 0.15) is 11.2 Å². The molecule has 0 aliphatic heterocycles. The molecule has 34 heavy (non-hydrogen) atoms. The SMILES string of the molecule is [2H]C([2H])([2H])c1cnc(-c2cccc3c2oc2c(-c4cn([Si](C)(CC)CC)cn4)c(C#N)ccc23)cc1C([2H])([2H])[2H]. The largest absolute Gasteiger partial charge is 0.455 e. The third-order valence-corrected chi connectivity index (χ3v) is 11.5. The number of imidazole rings is 1. The van der Waals surface area contributed by atoms with E-state index in [1.165, 1.54) is 6.07 Å². The molecule has 3 aromatic heterocycles. The van der Waals surface area contributed by atoms with Crippen molar-refractivity contribution < 1.29 is 12.6 Å². The summed E-state index contributed by atoms with van der Waals surface area (Å²) >= 11 is 0. The van der Waals surface area contributed by atoms with Gasteiger partial charge in [-0.25, -0.2) is 4.98 Å². The van der Waals surface area contributed by atoms with E-state index in [1.54, 1.807) is 12.1 Å². The van der Waals surface area contributed by atoms with Crippen molar-refractivity contribution in [3.05, 3.63) is 71.8 Å². The van der Waals surface area contributed by atoms with E-state index in [-0.39, 0.29) is 16.8 Å². The molecule has 3 heterocycles. The molecule has 0 saturated heterocycles. The Labute approximate surface area is 209 Å². The number of benzene rings is 2. The minimum absolute atomic E-state index is 0.275. The third kappa shape index (κ3) is 3.36. The molecule has 2 aromatic carbocycles. The van der Waals surface area contributed by atoms with Crippen LogP contribution in [0.3, 0.4) is 0 Å². The molecule has 0 spiro atoms. The number of aromatic nitrogens is 3. The number of furan rings is 1. The smallest absolute Gasteiger partial charge is 0.159 e. The average molecular weight is 471 g/mol. The van der Waals surface area contributed by atoms with Crippen LogP contribution in [0.2, 0.25) is 18.6 Å². The van der Waals surface area contributed by atoms with Crippen LogP contribution in [0, 0.1) is 25.0 Å². The van der Waals surface area contributed by atoms with Gasteiger partial charge in [0.15, 0.2) is 8.24 Å². The van der Waals surface area contributed by atoms with E-state index in [9.17, 15) is 5.26 Å². The lowest BCUT2D eigenvalue weighted by Crippen LogP contribution is -2.37. The van der Waals surface area contributed by atoms with Crippen molar-refractivity contribution >= 4 is 30.2 Å². The van der Waals surface area contributed by atoms with Gasteiger partial charge < -0.3 is 8.65 Å². The van der Waals surface area contributed by atoms with Gasteiger partial charge in [-0.2, -0.15) is 5.26 Å². The molecular formula is C28H28N4OSi. The van der Waals surface area contributed by atoms with Crippen LogP contribution in [0.5, 0.6) is 0 Å². The molecule has 0 N–H and O–H groups in total. The second-order valence-corrected chi connectivity index (χ2v) is 13.7. The molecular weight excluding hydrogens is 436 g/mol. The first kappa shape index (κ1) is 16.0. The van der Waals surface area contributed by atoms with Crippen molar-refractivity contribution in [3.8, 4) is 28.6 Å². The summed E-state index contributed by atoms with van der Waals surface area (Å²) in [7, 11) is -1.76. The second kappa shape index (κ2) is 8.26. The highest BCUT2D eigenvalue weighted by Gasteiger charge is 2.27. The fraction of sp³-hybridized carbons (Fsp3) is 0.250. The van der Waals surface area contributed by atoms with E-state index in [0.717, 1.165) is 29.1 Å². The van der Waals surface area contributed by atoms with E-state index in [1.807, 2.05) is 30.7 Å². The maximum absolute atomic E-state index is 9.98. The minimum atomic E-state index is -2.65. The van der Waals surface area contributed by atoms with Crippen LogP contribution in [0.25, 0.3) is 44.5 Å². The summed E-state index contributed by atoms with van der Waals surface area (Å²) in [5.74, 6) is 0. The van der Waals surface area contributed by atoms with E-state index in [2.05, 4.69) is 40.7 Å². The van der Waals surface area contributed by atoms with E-state index < -0.39 is 21.9 Å². The zero-order chi connectivity index (χ0) is 29.0. The van der Waals surface area contributed by atoms with E-state index in [4.69, 9.17) is 12.6 Å². The summed E-state index contributed by atoms with van der Waals surface area (Å²) in [6.45, 7) is 1.41. The van der Waals surface area contributed by atoms with E-state index in [0.29, 0.717) is 33.6 Å². The number of hydrogen-bond donors (Lipinski definition) is 0. The molecule has 0 aliphatic rings. The maximum atomic E-state index is 9.98. The Morgan fingerprint density at radius 3 is 2.56 bits per heavy atom. The van der Waals surface area contributed by atoms with Gasteiger partial charge in [-0.1, -0.05) is 32.5 Å². The predicted molar refractivity (Wildman–Crippen MR) is 140 cm³/mol.